The Morgan fingerprint density at radius 3 is 1.31 bits per heavy atom. The van der Waals surface area contributed by atoms with Gasteiger partial charge in [0.2, 0.25) is 0 Å². The van der Waals surface area contributed by atoms with E-state index in [-0.39, 0.29) is 52.8 Å². The van der Waals surface area contributed by atoms with E-state index in [1.165, 1.54) is 10.6 Å². The summed E-state index contributed by atoms with van der Waals surface area (Å²) in [6.07, 6.45) is 0. The number of hydrogen-bond donors (Lipinski definition) is 0. The van der Waals surface area contributed by atoms with E-state index < -0.39 is 0 Å². The van der Waals surface area contributed by atoms with Crippen LogP contribution in [0.15, 0.2) is 57.5 Å². The van der Waals surface area contributed by atoms with Crippen molar-refractivity contribution >= 4 is 51.0 Å². The normalized spacial score (nSPS) is 9.62. The number of halogens is 2. The Hall–Kier alpha value is 1.47. The van der Waals surface area contributed by atoms with Crippen LogP contribution in [0.5, 0.6) is 0 Å². The molecule has 0 aromatic heterocycles. The van der Waals surface area contributed by atoms with Gasteiger partial charge in [-0.1, -0.05) is 64.7 Å². The fraction of sp³-hybridized carbons (Fsp3) is 0. The summed E-state index contributed by atoms with van der Waals surface area (Å²) in [4.78, 5) is 0. The van der Waals surface area contributed by atoms with Gasteiger partial charge in [-0.2, -0.15) is 0 Å². The van der Waals surface area contributed by atoms with Crippen LogP contribution in [-0.4, -0.2) is 0 Å². The molecule has 0 radical (unpaired) electrons. The van der Waals surface area contributed by atoms with Crippen LogP contribution in [0.2, 0.25) is 0 Å². The van der Waals surface area contributed by atoms with Gasteiger partial charge in [0.1, 0.15) is 0 Å². The van der Waals surface area contributed by atoms with Crippen LogP contribution < -0.4 is 62.0 Å². The smallest absolute Gasteiger partial charge is 1.00 e. The minimum atomic E-state index is 0. The summed E-state index contributed by atoms with van der Waals surface area (Å²) in [7, 11) is 0.728. The van der Waals surface area contributed by atoms with Crippen LogP contribution in [0.25, 0.3) is 0 Å². The Labute approximate surface area is 159 Å². The molecular formula is C12H10Br2KP. The van der Waals surface area contributed by atoms with Crippen molar-refractivity contribution in [2.24, 2.45) is 0 Å². The second-order valence-electron chi connectivity index (χ2n) is 3.14. The van der Waals surface area contributed by atoms with Gasteiger partial charge in [-0.15, -0.1) is 0 Å². The van der Waals surface area contributed by atoms with Crippen LogP contribution in [-0.2, 0) is 0 Å². The first-order chi connectivity index (χ1) is 7.24. The molecule has 0 aliphatic carbocycles. The van der Waals surface area contributed by atoms with Gasteiger partial charge in [0.15, 0.2) is 0 Å². The van der Waals surface area contributed by atoms with E-state index in [0.717, 1.165) is 17.5 Å². The van der Waals surface area contributed by atoms with Crippen molar-refractivity contribution < 1.29 is 52.8 Å². The van der Waals surface area contributed by atoms with Gasteiger partial charge in [0.05, 0.1) is 0 Å². The summed E-state index contributed by atoms with van der Waals surface area (Å²) in [6, 6.07) is 17.0. The Morgan fingerprint density at radius 2 is 1.00 bits per heavy atom. The molecule has 0 atom stereocenters. The number of hydrogen-bond acceptors (Lipinski definition) is 0. The summed E-state index contributed by atoms with van der Waals surface area (Å²) < 4.78 is 2.26. The minimum absolute atomic E-state index is 0. The van der Waals surface area contributed by atoms with Crippen molar-refractivity contribution in [3.8, 4) is 0 Å². The monoisotopic (exact) mass is 382 g/mol. The van der Waals surface area contributed by atoms with E-state index in [2.05, 4.69) is 80.4 Å². The van der Waals surface area contributed by atoms with Crippen LogP contribution >= 0.6 is 40.4 Å². The zero-order chi connectivity index (χ0) is 10.7. The van der Waals surface area contributed by atoms with Crippen molar-refractivity contribution in [3.63, 3.8) is 0 Å². The molecule has 2 rings (SSSR count). The fourth-order valence-electron chi connectivity index (χ4n) is 1.23. The molecule has 0 fully saturated rings. The first-order valence-electron chi connectivity index (χ1n) is 4.52. The van der Waals surface area contributed by atoms with E-state index in [9.17, 15) is 0 Å². The third-order valence-electron chi connectivity index (χ3n) is 1.98. The number of benzene rings is 2. The Balaban J connectivity index is 0.00000128. The Morgan fingerprint density at radius 1 is 0.688 bits per heavy atom. The summed E-state index contributed by atoms with van der Waals surface area (Å²) in [5.74, 6) is 0. The van der Waals surface area contributed by atoms with Crippen molar-refractivity contribution in [1.29, 1.82) is 0 Å². The van der Waals surface area contributed by atoms with Gasteiger partial charge in [-0.3, -0.25) is 0 Å². The molecule has 0 aliphatic rings. The molecule has 78 valence electrons. The summed E-state index contributed by atoms with van der Waals surface area (Å²) in [6.45, 7) is 0. The van der Waals surface area contributed by atoms with Gasteiger partial charge in [-0.05, 0) is 34.9 Å². The summed E-state index contributed by atoms with van der Waals surface area (Å²) in [5.41, 5.74) is 0. The maximum atomic E-state index is 3.44. The van der Waals surface area contributed by atoms with Gasteiger partial charge in [-0.25, -0.2) is 0 Å². The molecule has 0 heterocycles. The molecule has 16 heavy (non-hydrogen) atoms. The minimum Gasteiger partial charge on any atom is -1.00 e. The zero-order valence-corrected chi connectivity index (χ0v) is 16.2. The standard InChI is InChI=1S/C12H9Br2P.K.H/c13-9-1-5-11(6-2-9)15-12-7-3-10(14)4-8-12;;/h1-8,15H;;/q;+1;-1. The van der Waals surface area contributed by atoms with Crippen molar-refractivity contribution in [3.05, 3.63) is 57.5 Å². The van der Waals surface area contributed by atoms with Crippen molar-refractivity contribution in [2.45, 2.75) is 0 Å². The Kier molecular flexibility index (Phi) is 7.57. The molecular weight excluding hydrogens is 374 g/mol. The first kappa shape index (κ1) is 15.5. The van der Waals surface area contributed by atoms with E-state index >= 15 is 0 Å². The molecule has 0 N–H and O–H groups in total. The maximum absolute atomic E-state index is 3.44. The topological polar surface area (TPSA) is 0 Å². The molecule has 0 nitrogen and oxygen atoms in total. The number of rotatable bonds is 2. The second-order valence-corrected chi connectivity index (χ2v) is 6.37. The van der Waals surface area contributed by atoms with Crippen LogP contribution in [0.3, 0.4) is 0 Å². The summed E-state index contributed by atoms with van der Waals surface area (Å²) in [5, 5.41) is 2.72. The molecule has 0 unspecified atom stereocenters. The molecule has 0 aliphatic heterocycles. The molecule has 0 spiro atoms. The molecule has 0 saturated carbocycles. The summed E-state index contributed by atoms with van der Waals surface area (Å²) >= 11 is 6.87. The molecule has 0 bridgehead atoms. The van der Waals surface area contributed by atoms with Gasteiger partial charge in [0.25, 0.3) is 0 Å². The van der Waals surface area contributed by atoms with Gasteiger partial charge < -0.3 is 1.43 Å². The maximum Gasteiger partial charge on any atom is 1.00 e. The zero-order valence-electron chi connectivity index (χ0n) is 9.87. The molecule has 0 saturated heterocycles. The third kappa shape index (κ3) is 4.99. The van der Waals surface area contributed by atoms with E-state index in [1.54, 1.807) is 0 Å². The van der Waals surface area contributed by atoms with Crippen molar-refractivity contribution in [1.82, 2.24) is 0 Å². The van der Waals surface area contributed by atoms with Gasteiger partial charge in [0, 0.05) is 8.95 Å². The van der Waals surface area contributed by atoms with Crippen LogP contribution in [0, 0.1) is 0 Å². The Bertz CT molecular complexity index is 402. The van der Waals surface area contributed by atoms with E-state index in [4.69, 9.17) is 0 Å². The van der Waals surface area contributed by atoms with E-state index in [0.29, 0.717) is 0 Å². The molecule has 4 heteroatoms. The predicted octanol–water partition coefficient (Wildman–Crippen LogP) is 0.957. The van der Waals surface area contributed by atoms with Crippen LogP contribution in [0.1, 0.15) is 1.43 Å². The first-order valence-corrected chi connectivity index (χ1v) is 7.11. The van der Waals surface area contributed by atoms with Gasteiger partial charge >= 0.3 is 51.4 Å². The fourth-order valence-corrected chi connectivity index (χ4v) is 2.76. The molecule has 0 amide bonds. The molecule has 2 aromatic rings. The molecule has 2 aromatic carbocycles. The third-order valence-corrected chi connectivity index (χ3v) is 4.28. The largest absolute Gasteiger partial charge is 1.00 e. The van der Waals surface area contributed by atoms with Crippen LogP contribution in [0.4, 0.5) is 0 Å². The predicted molar refractivity (Wildman–Crippen MR) is 77.0 cm³/mol. The average molecular weight is 384 g/mol. The average Bonchev–Trinajstić information content (AvgIpc) is 2.25. The van der Waals surface area contributed by atoms with Crippen molar-refractivity contribution in [2.75, 3.05) is 0 Å². The second kappa shape index (κ2) is 7.80. The quantitative estimate of drug-likeness (QED) is 0.535. The van der Waals surface area contributed by atoms with E-state index in [1.807, 2.05) is 0 Å². The SMILES string of the molecule is Brc1ccc(Pc2ccc(Br)cc2)cc1.[H-].[K+].